The Hall–Kier alpha value is -3.81. The molecule has 4 aromatic rings. The quantitative estimate of drug-likeness (QED) is 0.0643. The molecule has 0 aliphatic carbocycles. The Morgan fingerprint density at radius 2 is 0.881 bits per heavy atom. The summed E-state index contributed by atoms with van der Waals surface area (Å²) < 4.78 is 11.6. The Labute approximate surface area is 372 Å². The summed E-state index contributed by atoms with van der Waals surface area (Å²) in [7, 11) is 9.78. The van der Waals surface area contributed by atoms with E-state index in [0.29, 0.717) is 13.2 Å². The number of para-hydroxylation sites is 4. The summed E-state index contributed by atoms with van der Waals surface area (Å²) >= 11 is -0.556. The second-order valence-electron chi connectivity index (χ2n) is 18.3. The molecule has 9 heteroatoms. The fourth-order valence-corrected chi connectivity index (χ4v) is 5.67. The minimum absolute atomic E-state index is 0.0258. The van der Waals surface area contributed by atoms with Gasteiger partial charge in [0, 0.05) is 34.7 Å². The third-order valence-electron chi connectivity index (χ3n) is 9.20. The number of nitrogens with zero attached hydrogens (tertiary/aromatic N) is 2. The van der Waals surface area contributed by atoms with E-state index in [1.807, 2.05) is 72.8 Å². The van der Waals surface area contributed by atoms with Gasteiger partial charge in [-0.25, -0.2) is 0 Å². The van der Waals surface area contributed by atoms with E-state index in [1.54, 1.807) is 12.4 Å². The van der Waals surface area contributed by atoms with Gasteiger partial charge >= 0.3 is 35.6 Å². The van der Waals surface area contributed by atoms with Crippen LogP contribution < -0.4 is 9.47 Å². The molecular weight excluding hydrogens is 811 g/mol. The first-order valence-electron chi connectivity index (χ1n) is 19.9. The van der Waals surface area contributed by atoms with Gasteiger partial charge in [-0.3, -0.25) is 9.98 Å². The topological polar surface area (TPSA) is 83.6 Å². The first kappa shape index (κ1) is 51.3. The molecule has 0 saturated heterocycles. The zero-order chi connectivity index (χ0) is 44.6. The van der Waals surface area contributed by atoms with Crippen LogP contribution in [0.25, 0.3) is 0 Å². The van der Waals surface area contributed by atoms with Gasteiger partial charge in [0.1, 0.15) is 34.4 Å². The van der Waals surface area contributed by atoms with Gasteiger partial charge in [-0.15, -0.1) is 13.2 Å². The zero-order valence-corrected chi connectivity index (χ0v) is 40.4. The average Bonchev–Trinajstić information content (AvgIpc) is 3.14. The molecule has 0 bridgehead atoms. The van der Waals surface area contributed by atoms with E-state index in [9.17, 15) is 10.2 Å². The van der Waals surface area contributed by atoms with Crippen LogP contribution in [0.4, 0.5) is 11.4 Å². The van der Waals surface area contributed by atoms with Crippen molar-refractivity contribution in [1.82, 2.24) is 0 Å². The third kappa shape index (κ3) is 16.6. The van der Waals surface area contributed by atoms with E-state index in [2.05, 4.69) is 118 Å². The predicted octanol–water partition coefficient (Wildman–Crippen LogP) is 14.8. The number of phenolic OH excluding ortho intramolecular Hbond substituents is 2. The van der Waals surface area contributed by atoms with Crippen LogP contribution in [-0.4, -0.2) is 35.9 Å². The van der Waals surface area contributed by atoms with Gasteiger partial charge in [0.25, 0.3) is 0 Å². The molecule has 59 heavy (non-hydrogen) atoms. The molecule has 0 heterocycles. The number of halogens is 2. The van der Waals surface area contributed by atoms with Crippen molar-refractivity contribution in [2.45, 2.75) is 118 Å². The summed E-state index contributed by atoms with van der Waals surface area (Å²) in [5.41, 5.74) is 6.74. The number of ether oxygens (including phenoxy) is 2. The number of benzene rings is 4. The van der Waals surface area contributed by atoms with E-state index >= 15 is 0 Å². The Bertz CT molecular complexity index is 1890. The molecule has 0 spiro atoms. The summed E-state index contributed by atoms with van der Waals surface area (Å²) in [6, 6.07) is 23.6. The first-order chi connectivity index (χ1) is 27.5. The average molecular weight is 878 g/mol. The predicted molar refractivity (Wildman–Crippen MR) is 251 cm³/mol. The van der Waals surface area contributed by atoms with Crippen LogP contribution in [0.1, 0.15) is 129 Å². The van der Waals surface area contributed by atoms with Crippen LogP contribution in [0.3, 0.4) is 0 Å². The zero-order valence-electron chi connectivity index (χ0n) is 37.3. The Morgan fingerprint density at radius 1 is 0.559 bits per heavy atom. The molecule has 6 nitrogen and oxygen atoms in total. The van der Waals surface area contributed by atoms with Gasteiger partial charge in [0.2, 0.25) is 0 Å². The molecule has 4 rings (SSSR count). The van der Waals surface area contributed by atoms with Crippen molar-refractivity contribution in [1.29, 1.82) is 0 Å². The summed E-state index contributed by atoms with van der Waals surface area (Å²) in [5.74, 6) is 2.02. The van der Waals surface area contributed by atoms with E-state index in [0.717, 1.165) is 58.0 Å². The second kappa shape index (κ2) is 23.3. The molecule has 0 aliphatic heterocycles. The van der Waals surface area contributed by atoms with Crippen LogP contribution in [0.15, 0.2) is 108 Å². The molecule has 0 amide bonds. The first-order valence-corrected chi connectivity index (χ1v) is 24.2. The molecular formula is C50H66Cl2N2O4Ti. The Kier molecular flexibility index (Phi) is 20.2. The number of hydrogen-bond donors (Lipinski definition) is 2. The van der Waals surface area contributed by atoms with Crippen molar-refractivity contribution in [3.05, 3.63) is 131 Å². The molecule has 0 aromatic heterocycles. The van der Waals surface area contributed by atoms with Crippen LogP contribution in [-0.2, 0) is 38.7 Å². The Balaban J connectivity index is 0.000000381. The van der Waals surface area contributed by atoms with Gasteiger partial charge in [-0.2, -0.15) is 0 Å². The Morgan fingerprint density at radius 3 is 1.17 bits per heavy atom. The van der Waals surface area contributed by atoms with E-state index in [4.69, 9.17) is 28.1 Å². The molecule has 0 fully saturated rings. The van der Waals surface area contributed by atoms with Crippen LogP contribution >= 0.6 is 18.6 Å². The van der Waals surface area contributed by atoms with Crippen molar-refractivity contribution in [3.8, 4) is 23.0 Å². The molecule has 318 valence electrons. The maximum atomic E-state index is 10.9. The summed E-state index contributed by atoms with van der Waals surface area (Å²) in [6.45, 7) is 34.3. The van der Waals surface area contributed by atoms with Crippen LogP contribution in [0, 0.1) is 0 Å². The van der Waals surface area contributed by atoms with Gasteiger partial charge in [-0.1, -0.05) is 132 Å². The third-order valence-corrected chi connectivity index (χ3v) is 9.20. The van der Waals surface area contributed by atoms with Crippen LogP contribution in [0.5, 0.6) is 23.0 Å². The molecule has 0 aliphatic rings. The van der Waals surface area contributed by atoms with Crippen molar-refractivity contribution in [2.24, 2.45) is 9.98 Å². The monoisotopic (exact) mass is 876 g/mol. The van der Waals surface area contributed by atoms with Crippen molar-refractivity contribution >= 4 is 42.4 Å². The SMILES string of the molecule is C=CCCOc1ccccc1N=Cc1cc(C(C)(C)C)cc(C(C)(C)C)c1O.C=CCCOc1ccccc1N=Cc1cc(C(C)(C)C)cc(C(C)(C)C)c1O.[Cl][Ti][Cl]. The number of aliphatic imine (C=N–C) groups is 2. The minimum atomic E-state index is -0.556. The van der Waals surface area contributed by atoms with Crippen molar-refractivity contribution in [2.75, 3.05) is 13.2 Å². The summed E-state index contributed by atoms with van der Waals surface area (Å²) in [6.07, 6.45) is 8.68. The van der Waals surface area contributed by atoms with E-state index in [1.165, 1.54) is 11.1 Å². The summed E-state index contributed by atoms with van der Waals surface area (Å²) in [4.78, 5) is 9.25. The molecule has 2 N–H and O–H groups in total. The maximum absolute atomic E-state index is 10.9. The number of aromatic hydroxyl groups is 2. The van der Waals surface area contributed by atoms with E-state index in [-0.39, 0.29) is 33.2 Å². The van der Waals surface area contributed by atoms with E-state index < -0.39 is 17.0 Å². The molecule has 0 unspecified atom stereocenters. The molecule has 0 atom stereocenters. The second-order valence-corrected chi connectivity index (χ2v) is 20.9. The number of rotatable bonds is 12. The molecule has 0 radical (unpaired) electrons. The molecule has 0 saturated carbocycles. The number of phenols is 2. The fraction of sp³-hybridized carbons (Fsp3) is 0.400. The number of hydrogen-bond acceptors (Lipinski definition) is 6. The normalized spacial score (nSPS) is 12.0. The molecule has 4 aromatic carbocycles. The van der Waals surface area contributed by atoms with Crippen molar-refractivity contribution in [3.63, 3.8) is 0 Å². The van der Waals surface area contributed by atoms with Crippen molar-refractivity contribution < 1.29 is 36.7 Å². The van der Waals surface area contributed by atoms with Gasteiger partial charge < -0.3 is 19.7 Å². The van der Waals surface area contributed by atoms with Gasteiger partial charge in [0.15, 0.2) is 0 Å². The fourth-order valence-electron chi connectivity index (χ4n) is 5.67. The summed E-state index contributed by atoms with van der Waals surface area (Å²) in [5, 5.41) is 21.8. The standard InChI is InChI=1S/2C25H33NO2.2ClH.Ti/c2*1-8-9-14-28-22-13-11-10-12-21(22)26-17-18-15-19(24(2,3)4)16-20(23(18)27)25(5,6)7;;;/h2*8,10-13,15-17,27H,1,9,14H2,2-7H3;2*1H;/q;;;;+2/p-2. The van der Waals surface area contributed by atoms with Gasteiger partial charge in [0.05, 0.1) is 13.2 Å². The van der Waals surface area contributed by atoms with Crippen LogP contribution in [0.2, 0.25) is 0 Å². The van der Waals surface area contributed by atoms with Gasteiger partial charge in [-0.05, 0) is 82.0 Å².